The average molecular weight is 671 g/mol. The van der Waals surface area contributed by atoms with Crippen molar-refractivity contribution in [1.82, 2.24) is 14.9 Å². The maximum atomic E-state index is 13.0. The molecule has 11 nitrogen and oxygen atoms in total. The summed E-state index contributed by atoms with van der Waals surface area (Å²) in [4.78, 5) is 32.4. The van der Waals surface area contributed by atoms with E-state index in [-0.39, 0.29) is 17.9 Å². The van der Waals surface area contributed by atoms with Gasteiger partial charge in [-0.3, -0.25) is 9.59 Å². The number of halogens is 3. The van der Waals surface area contributed by atoms with Crippen molar-refractivity contribution in [2.45, 2.75) is 44.8 Å². The fourth-order valence-corrected chi connectivity index (χ4v) is 4.86. The summed E-state index contributed by atoms with van der Waals surface area (Å²) in [5.74, 6) is 0.832. The Bertz CT molecular complexity index is 1210. The van der Waals surface area contributed by atoms with Crippen LogP contribution in [0.4, 0.5) is 36.2 Å². The number of piperidine rings is 1. The highest BCUT2D eigenvalue weighted by molar-refractivity contribution is 7.98. The third-order valence-electron chi connectivity index (χ3n) is 6.42. The third kappa shape index (κ3) is 15.0. The lowest BCUT2D eigenvalue weighted by Crippen LogP contribution is -2.32. The standard InChI is InChI=1S/C15H15F3N6O2.C14H26N2OS2/c1-24(6-9-2-3-12(20-5-9)21-7-25)10-4-11(15(16,17)18)23-14(19)13(10)22-8-26;18-13-6-1-3-7-15-19-14-12-17-11-10-16-8-4-2-5-9-16/h2-5,7-8H,6H2,1H3,(H2,19,23)(H,22,26)(H,20,21,25);6-7,13,18H,1-5,8-12,14H2/b;13-6+,15-7-. The molecule has 16 heteroatoms. The van der Waals surface area contributed by atoms with E-state index in [1.54, 1.807) is 29.5 Å². The molecule has 0 bridgehead atoms. The quantitative estimate of drug-likeness (QED) is 0.0582. The minimum Gasteiger partial charge on any atom is -0.382 e. The average Bonchev–Trinajstić information content (AvgIpc) is 3.02. The van der Waals surface area contributed by atoms with Gasteiger partial charge in [-0.05, 0) is 73.8 Å². The molecule has 0 aliphatic carbocycles. The van der Waals surface area contributed by atoms with E-state index >= 15 is 0 Å². The summed E-state index contributed by atoms with van der Waals surface area (Å²) in [7, 11) is 1.53. The molecular weight excluding hydrogens is 630 g/mol. The first kappa shape index (κ1) is 37.8. The fourth-order valence-electron chi connectivity index (χ4n) is 4.21. The number of anilines is 4. The molecule has 0 aromatic carbocycles. The number of nitrogens with zero attached hydrogens (tertiary/aromatic N) is 5. The van der Waals surface area contributed by atoms with Gasteiger partial charge in [0.1, 0.15) is 23.0 Å². The maximum absolute atomic E-state index is 13.0. The number of carbonyl (C=O) groups is 2. The molecular formula is C29H41F3N8O3S2. The van der Waals surface area contributed by atoms with Crippen LogP contribution in [0, 0.1) is 0 Å². The number of aromatic nitrogens is 2. The number of rotatable bonds is 17. The lowest BCUT2D eigenvalue weighted by atomic mass is 10.1. The third-order valence-corrected chi connectivity index (χ3v) is 7.28. The number of unbranched alkanes of at least 4 members (excludes halogenated alkanes) is 1. The molecule has 248 valence electrons. The number of alkyl halides is 3. The van der Waals surface area contributed by atoms with Gasteiger partial charge in [-0.25, -0.2) is 14.4 Å². The Morgan fingerprint density at radius 1 is 1.16 bits per heavy atom. The van der Waals surface area contributed by atoms with Crippen LogP contribution in [0.25, 0.3) is 0 Å². The van der Waals surface area contributed by atoms with E-state index in [0.717, 1.165) is 44.4 Å². The van der Waals surface area contributed by atoms with Gasteiger partial charge in [0.2, 0.25) is 12.8 Å². The molecule has 0 atom stereocenters. The van der Waals surface area contributed by atoms with Crippen molar-refractivity contribution in [2.24, 2.45) is 4.40 Å². The molecule has 1 saturated heterocycles. The summed E-state index contributed by atoms with van der Waals surface area (Å²) in [5.41, 5.74) is 5.09. The number of nitrogen functional groups attached to an aromatic ring is 1. The molecule has 0 unspecified atom stereocenters. The number of nitrogens with one attached hydrogen (secondary N) is 2. The topological polar surface area (TPSA) is 138 Å². The molecule has 0 radical (unpaired) electrons. The molecule has 45 heavy (non-hydrogen) atoms. The number of hydrogen-bond donors (Lipinski definition) is 4. The SMILES string of the molecule is CN(Cc1ccc(NC=O)nc1)c1cc(C(F)(F)F)nc(N)c1NC=O.S/C=C/CC/C=N\SCCOCCN1CCCCC1. The Balaban J connectivity index is 0.000000330. The zero-order valence-corrected chi connectivity index (χ0v) is 26.9. The van der Waals surface area contributed by atoms with Crippen LogP contribution in [-0.2, 0) is 27.0 Å². The van der Waals surface area contributed by atoms with Crippen molar-refractivity contribution in [1.29, 1.82) is 0 Å². The minimum atomic E-state index is -4.69. The number of ether oxygens (including phenoxy) is 1. The van der Waals surface area contributed by atoms with E-state index in [2.05, 4.69) is 42.5 Å². The van der Waals surface area contributed by atoms with Crippen molar-refractivity contribution >= 4 is 66.6 Å². The highest BCUT2D eigenvalue weighted by atomic mass is 32.2. The van der Waals surface area contributed by atoms with Crippen molar-refractivity contribution < 1.29 is 27.5 Å². The molecule has 1 aliphatic rings. The van der Waals surface area contributed by atoms with Gasteiger partial charge in [0.25, 0.3) is 0 Å². The minimum absolute atomic E-state index is 0.0253. The Labute approximate surface area is 271 Å². The Hall–Kier alpha value is -3.34. The lowest BCUT2D eigenvalue weighted by Gasteiger charge is -2.26. The van der Waals surface area contributed by atoms with Gasteiger partial charge in [0, 0.05) is 38.3 Å². The van der Waals surface area contributed by atoms with Gasteiger partial charge in [-0.1, -0.05) is 18.6 Å². The van der Waals surface area contributed by atoms with E-state index < -0.39 is 17.7 Å². The van der Waals surface area contributed by atoms with Gasteiger partial charge < -0.3 is 30.9 Å². The predicted octanol–water partition coefficient (Wildman–Crippen LogP) is 5.28. The first-order valence-electron chi connectivity index (χ1n) is 14.4. The van der Waals surface area contributed by atoms with E-state index in [4.69, 9.17) is 10.5 Å². The number of nitrogens with two attached hydrogens (primary N) is 1. The van der Waals surface area contributed by atoms with Crippen LogP contribution < -0.4 is 21.3 Å². The Morgan fingerprint density at radius 3 is 2.56 bits per heavy atom. The summed E-state index contributed by atoms with van der Waals surface area (Å²) >= 11 is 5.58. The second-order valence-electron chi connectivity index (χ2n) is 9.81. The van der Waals surface area contributed by atoms with Crippen LogP contribution in [0.5, 0.6) is 0 Å². The zero-order chi connectivity index (χ0) is 32.9. The van der Waals surface area contributed by atoms with E-state index in [1.807, 2.05) is 12.3 Å². The summed E-state index contributed by atoms with van der Waals surface area (Å²) in [6.07, 6.45) is 7.66. The lowest BCUT2D eigenvalue weighted by molar-refractivity contribution is -0.141. The van der Waals surface area contributed by atoms with E-state index in [1.165, 1.54) is 50.5 Å². The predicted molar refractivity (Wildman–Crippen MR) is 179 cm³/mol. The van der Waals surface area contributed by atoms with Gasteiger partial charge in [0.05, 0.1) is 18.9 Å². The molecule has 2 aromatic heterocycles. The molecule has 3 rings (SSSR count). The molecule has 2 aromatic rings. The van der Waals surface area contributed by atoms with Gasteiger partial charge >= 0.3 is 6.18 Å². The maximum Gasteiger partial charge on any atom is 0.433 e. The number of likely N-dealkylation sites (tertiary alicyclic amines) is 1. The molecule has 3 heterocycles. The Kier molecular flexibility index (Phi) is 18.0. The van der Waals surface area contributed by atoms with Crippen LogP contribution in [-0.4, -0.2) is 79.6 Å². The molecule has 1 fully saturated rings. The normalized spacial score (nSPS) is 13.8. The van der Waals surface area contributed by atoms with E-state index in [0.29, 0.717) is 24.2 Å². The first-order valence-corrected chi connectivity index (χ1v) is 15.8. The molecule has 0 saturated carbocycles. The summed E-state index contributed by atoms with van der Waals surface area (Å²) in [6, 6.07) is 4.00. The van der Waals surface area contributed by atoms with Crippen LogP contribution in [0.1, 0.15) is 43.4 Å². The van der Waals surface area contributed by atoms with Crippen LogP contribution in [0.3, 0.4) is 0 Å². The number of pyridine rings is 2. The smallest absolute Gasteiger partial charge is 0.382 e. The molecule has 2 amide bonds. The van der Waals surface area contributed by atoms with Crippen LogP contribution >= 0.6 is 24.6 Å². The van der Waals surface area contributed by atoms with Crippen molar-refractivity contribution in [3.05, 3.63) is 47.1 Å². The monoisotopic (exact) mass is 670 g/mol. The first-order chi connectivity index (χ1) is 21.7. The zero-order valence-electron chi connectivity index (χ0n) is 25.2. The largest absolute Gasteiger partial charge is 0.433 e. The highest BCUT2D eigenvalue weighted by Crippen LogP contribution is 2.37. The van der Waals surface area contributed by atoms with Crippen LogP contribution in [0.15, 0.2) is 40.3 Å². The summed E-state index contributed by atoms with van der Waals surface area (Å²) < 4.78 is 48.9. The van der Waals surface area contributed by atoms with Crippen molar-refractivity contribution in [3.63, 3.8) is 0 Å². The van der Waals surface area contributed by atoms with Gasteiger partial charge in [-0.15, -0.1) is 0 Å². The number of allylic oxidation sites excluding steroid dienone is 1. The van der Waals surface area contributed by atoms with Crippen molar-refractivity contribution in [2.75, 3.05) is 66.9 Å². The Morgan fingerprint density at radius 2 is 1.91 bits per heavy atom. The number of carbonyl (C=O) groups excluding carboxylic acids is 2. The second kappa shape index (κ2) is 21.4. The van der Waals surface area contributed by atoms with Gasteiger partial charge in [0.15, 0.2) is 0 Å². The van der Waals surface area contributed by atoms with Crippen LogP contribution in [0.2, 0.25) is 0 Å². The number of hydrogen-bond acceptors (Lipinski definition) is 11. The second-order valence-corrected chi connectivity index (χ2v) is 11.0. The molecule has 1 aliphatic heterocycles. The number of amides is 2. The highest BCUT2D eigenvalue weighted by Gasteiger charge is 2.34. The number of thiol groups is 1. The van der Waals surface area contributed by atoms with E-state index in [9.17, 15) is 22.8 Å². The molecule has 4 N–H and O–H groups in total. The summed E-state index contributed by atoms with van der Waals surface area (Å²) in [6.45, 7) is 5.42. The molecule has 0 spiro atoms. The van der Waals surface area contributed by atoms with Crippen molar-refractivity contribution in [3.8, 4) is 0 Å². The fraction of sp³-hybridized carbons (Fsp3) is 0.483. The van der Waals surface area contributed by atoms with Gasteiger partial charge in [-0.2, -0.15) is 25.8 Å². The summed E-state index contributed by atoms with van der Waals surface area (Å²) in [5, 5.41) is 6.42.